The van der Waals surface area contributed by atoms with Crippen LogP contribution in [0, 0.1) is 6.92 Å². The third-order valence-corrected chi connectivity index (χ3v) is 4.11. The second-order valence-corrected chi connectivity index (χ2v) is 5.96. The summed E-state index contributed by atoms with van der Waals surface area (Å²) in [5.41, 5.74) is 0.886. The van der Waals surface area contributed by atoms with Crippen molar-refractivity contribution >= 4 is 27.5 Å². The first-order valence-electron chi connectivity index (χ1n) is 5.33. The molecule has 0 fully saturated rings. The van der Waals surface area contributed by atoms with Crippen molar-refractivity contribution in [2.75, 3.05) is 13.1 Å². The van der Waals surface area contributed by atoms with Gasteiger partial charge in [-0.15, -0.1) is 0 Å². The van der Waals surface area contributed by atoms with Gasteiger partial charge in [0.1, 0.15) is 4.90 Å². The Kier molecular flexibility index (Phi) is 5.13. The Hall–Kier alpha value is -1.11. The molecule has 2 N–H and O–H groups in total. The molecule has 0 bridgehead atoms. The Morgan fingerprint density at radius 3 is 2.56 bits per heavy atom. The van der Waals surface area contributed by atoms with Crippen molar-refractivity contribution in [3.05, 3.63) is 28.8 Å². The van der Waals surface area contributed by atoms with Gasteiger partial charge in [0.15, 0.2) is 0 Å². The van der Waals surface area contributed by atoms with E-state index in [1.54, 1.807) is 12.1 Å². The summed E-state index contributed by atoms with van der Waals surface area (Å²) in [4.78, 5) is 10.7. The number of carbonyl (C=O) groups excluding carboxylic acids is 1. The lowest BCUT2D eigenvalue weighted by molar-refractivity contribution is -0.118. The van der Waals surface area contributed by atoms with Crippen LogP contribution >= 0.6 is 11.6 Å². The highest BCUT2D eigenvalue weighted by atomic mass is 35.5. The Balaban J connectivity index is 2.71. The van der Waals surface area contributed by atoms with Crippen LogP contribution in [0.3, 0.4) is 0 Å². The lowest BCUT2D eigenvalue weighted by Crippen LogP contribution is -2.33. The van der Waals surface area contributed by atoms with Gasteiger partial charge in [0.05, 0.1) is 5.02 Å². The van der Waals surface area contributed by atoms with Crippen LogP contribution < -0.4 is 10.0 Å². The smallest absolute Gasteiger partial charge is 0.242 e. The lowest BCUT2D eigenvalue weighted by atomic mass is 10.2. The molecule has 0 saturated carbocycles. The normalized spacial score (nSPS) is 11.3. The van der Waals surface area contributed by atoms with Gasteiger partial charge in [0.25, 0.3) is 0 Å². The first kappa shape index (κ1) is 14.9. The summed E-state index contributed by atoms with van der Waals surface area (Å²) in [6.07, 6.45) is 0. The van der Waals surface area contributed by atoms with E-state index in [2.05, 4.69) is 10.0 Å². The number of hydrogen-bond acceptors (Lipinski definition) is 3. The summed E-state index contributed by atoms with van der Waals surface area (Å²) in [6, 6.07) is 4.72. The number of sulfonamides is 1. The fraction of sp³-hybridized carbons (Fsp3) is 0.364. The van der Waals surface area contributed by atoms with E-state index in [0.29, 0.717) is 0 Å². The molecule has 7 heteroatoms. The molecule has 0 atom stereocenters. The van der Waals surface area contributed by atoms with E-state index in [1.165, 1.54) is 13.0 Å². The molecule has 0 unspecified atom stereocenters. The Morgan fingerprint density at radius 2 is 2.00 bits per heavy atom. The topological polar surface area (TPSA) is 75.3 Å². The molecule has 0 radical (unpaired) electrons. The first-order valence-corrected chi connectivity index (χ1v) is 7.19. The second-order valence-electron chi connectivity index (χ2n) is 3.81. The van der Waals surface area contributed by atoms with E-state index in [9.17, 15) is 13.2 Å². The van der Waals surface area contributed by atoms with Gasteiger partial charge >= 0.3 is 0 Å². The summed E-state index contributed by atoms with van der Waals surface area (Å²) in [5.74, 6) is -0.206. The van der Waals surface area contributed by atoms with E-state index in [0.717, 1.165) is 5.56 Å². The molecule has 5 nitrogen and oxygen atoms in total. The minimum absolute atomic E-state index is 0.0394. The van der Waals surface area contributed by atoms with Gasteiger partial charge in [0, 0.05) is 20.0 Å². The highest BCUT2D eigenvalue weighted by Gasteiger charge is 2.16. The average Bonchev–Trinajstić information content (AvgIpc) is 2.23. The van der Waals surface area contributed by atoms with Gasteiger partial charge in [-0.05, 0) is 24.6 Å². The van der Waals surface area contributed by atoms with Crippen molar-refractivity contribution in [2.45, 2.75) is 18.7 Å². The highest BCUT2D eigenvalue weighted by molar-refractivity contribution is 7.89. The molecular weight excluding hydrogens is 276 g/mol. The minimum atomic E-state index is -3.64. The van der Waals surface area contributed by atoms with Gasteiger partial charge in [-0.3, -0.25) is 4.79 Å². The average molecular weight is 291 g/mol. The van der Waals surface area contributed by atoms with Gasteiger partial charge in [-0.1, -0.05) is 17.7 Å². The molecule has 0 aliphatic carbocycles. The third kappa shape index (κ3) is 4.29. The number of amides is 1. The van der Waals surface area contributed by atoms with Crippen molar-refractivity contribution in [3.8, 4) is 0 Å². The highest BCUT2D eigenvalue weighted by Crippen LogP contribution is 2.21. The molecule has 1 aromatic carbocycles. The summed E-state index contributed by atoms with van der Waals surface area (Å²) in [5, 5.41) is 2.68. The third-order valence-electron chi connectivity index (χ3n) is 2.17. The fourth-order valence-electron chi connectivity index (χ4n) is 1.33. The molecule has 0 aliphatic rings. The molecule has 0 heterocycles. The number of benzene rings is 1. The summed E-state index contributed by atoms with van der Waals surface area (Å²) in [6.45, 7) is 3.54. The van der Waals surface area contributed by atoms with Crippen LogP contribution in [0.5, 0.6) is 0 Å². The Morgan fingerprint density at radius 1 is 1.33 bits per heavy atom. The van der Waals surface area contributed by atoms with Crippen molar-refractivity contribution in [2.24, 2.45) is 0 Å². The molecule has 0 spiro atoms. The Bertz CT molecular complexity index is 543. The van der Waals surface area contributed by atoms with E-state index >= 15 is 0 Å². The monoisotopic (exact) mass is 290 g/mol. The zero-order chi connectivity index (χ0) is 13.8. The van der Waals surface area contributed by atoms with Crippen molar-refractivity contribution < 1.29 is 13.2 Å². The SMILES string of the molecule is CC(=O)NCCNS(=O)(=O)c1ccc(C)cc1Cl. The molecule has 0 aromatic heterocycles. The van der Waals surface area contributed by atoms with Crippen LogP contribution in [0.2, 0.25) is 5.02 Å². The number of hydrogen-bond donors (Lipinski definition) is 2. The number of carbonyl (C=O) groups is 1. The zero-order valence-corrected chi connectivity index (χ0v) is 11.7. The van der Waals surface area contributed by atoms with Gasteiger partial charge < -0.3 is 5.32 Å². The molecule has 0 saturated heterocycles. The van der Waals surface area contributed by atoms with Crippen LogP contribution in [-0.4, -0.2) is 27.4 Å². The number of halogens is 1. The predicted molar refractivity (Wildman–Crippen MR) is 70.1 cm³/mol. The van der Waals surface area contributed by atoms with Crippen LogP contribution in [0.1, 0.15) is 12.5 Å². The van der Waals surface area contributed by atoms with Crippen LogP contribution in [-0.2, 0) is 14.8 Å². The molecule has 1 amide bonds. The second kappa shape index (κ2) is 6.17. The predicted octanol–water partition coefficient (Wildman–Crippen LogP) is 1.06. The quantitative estimate of drug-likeness (QED) is 0.796. The van der Waals surface area contributed by atoms with Crippen LogP contribution in [0.4, 0.5) is 0 Å². The molecule has 1 rings (SSSR count). The number of nitrogens with one attached hydrogen (secondary N) is 2. The maximum Gasteiger partial charge on any atom is 0.242 e. The lowest BCUT2D eigenvalue weighted by Gasteiger charge is -2.09. The summed E-state index contributed by atoms with van der Waals surface area (Å²) < 4.78 is 26.2. The van der Waals surface area contributed by atoms with Crippen LogP contribution in [0.15, 0.2) is 23.1 Å². The van der Waals surface area contributed by atoms with Gasteiger partial charge in [-0.2, -0.15) is 0 Å². The maximum atomic E-state index is 11.9. The number of aryl methyl sites for hydroxylation is 1. The summed E-state index contributed by atoms with van der Waals surface area (Å²) >= 11 is 5.89. The molecule has 100 valence electrons. The van der Waals surface area contributed by atoms with E-state index in [4.69, 9.17) is 11.6 Å². The van der Waals surface area contributed by atoms with E-state index in [-0.39, 0.29) is 28.9 Å². The summed E-state index contributed by atoms with van der Waals surface area (Å²) in [7, 11) is -3.64. The van der Waals surface area contributed by atoms with Crippen molar-refractivity contribution in [3.63, 3.8) is 0 Å². The van der Waals surface area contributed by atoms with E-state index < -0.39 is 10.0 Å². The Labute approximate surface area is 112 Å². The first-order chi connectivity index (χ1) is 8.33. The molecular formula is C11H15ClN2O3S. The maximum absolute atomic E-state index is 11.9. The number of rotatable bonds is 5. The van der Waals surface area contributed by atoms with Crippen molar-refractivity contribution in [1.82, 2.24) is 10.0 Å². The largest absolute Gasteiger partial charge is 0.355 e. The van der Waals surface area contributed by atoms with Gasteiger partial charge in [0.2, 0.25) is 15.9 Å². The van der Waals surface area contributed by atoms with E-state index in [1.807, 2.05) is 6.92 Å². The van der Waals surface area contributed by atoms with Crippen molar-refractivity contribution in [1.29, 1.82) is 0 Å². The van der Waals surface area contributed by atoms with Crippen LogP contribution in [0.25, 0.3) is 0 Å². The molecule has 0 aliphatic heterocycles. The standard InChI is InChI=1S/C11H15ClN2O3S/c1-8-3-4-11(10(12)7-8)18(16,17)14-6-5-13-9(2)15/h3-4,7,14H,5-6H2,1-2H3,(H,13,15). The van der Waals surface area contributed by atoms with Gasteiger partial charge in [-0.25, -0.2) is 13.1 Å². The molecule has 1 aromatic rings. The zero-order valence-electron chi connectivity index (χ0n) is 10.2. The minimum Gasteiger partial charge on any atom is -0.355 e. The fourth-order valence-corrected chi connectivity index (χ4v) is 2.95. The molecule has 18 heavy (non-hydrogen) atoms.